The minimum atomic E-state index is -0.987. The molecular weight excluding hydrogens is 234 g/mol. The molecule has 18 heavy (non-hydrogen) atoms. The van der Waals surface area contributed by atoms with E-state index in [0.29, 0.717) is 12.3 Å². The van der Waals surface area contributed by atoms with Crippen molar-refractivity contribution in [3.8, 4) is 0 Å². The zero-order chi connectivity index (χ0) is 13.0. The van der Waals surface area contributed by atoms with Crippen LogP contribution in [0, 0.1) is 0 Å². The highest BCUT2D eigenvalue weighted by Gasteiger charge is 2.21. The number of carboxylic acid groups (broad SMARTS) is 1. The number of aliphatic hydroxyl groups is 1. The third-order valence-electron chi connectivity index (χ3n) is 3.42. The van der Waals surface area contributed by atoms with Crippen LogP contribution in [-0.4, -0.2) is 28.3 Å². The monoisotopic (exact) mass is 253 g/mol. The van der Waals surface area contributed by atoms with Crippen molar-refractivity contribution in [3.63, 3.8) is 0 Å². The third-order valence-corrected chi connectivity index (χ3v) is 3.42. The highest BCUT2D eigenvalue weighted by Crippen LogP contribution is 2.18. The van der Waals surface area contributed by atoms with Crippen molar-refractivity contribution in [3.05, 3.63) is 23.7 Å². The molecule has 1 fully saturated rings. The van der Waals surface area contributed by atoms with Gasteiger partial charge in [0.1, 0.15) is 12.0 Å². The second kappa shape index (κ2) is 6.02. The lowest BCUT2D eigenvalue weighted by Gasteiger charge is -2.21. The van der Waals surface area contributed by atoms with Crippen molar-refractivity contribution in [2.45, 2.75) is 50.8 Å². The van der Waals surface area contributed by atoms with Gasteiger partial charge in [0.05, 0.1) is 18.2 Å². The fraction of sp³-hybridized carbons (Fsp3) is 0.615. The van der Waals surface area contributed by atoms with Crippen molar-refractivity contribution in [1.29, 1.82) is 0 Å². The average Bonchev–Trinajstić information content (AvgIpc) is 2.72. The summed E-state index contributed by atoms with van der Waals surface area (Å²) >= 11 is 0. The Kier molecular flexibility index (Phi) is 4.38. The first kappa shape index (κ1) is 13.1. The fourth-order valence-electron chi connectivity index (χ4n) is 2.34. The Bertz CT molecular complexity index is 401. The van der Waals surface area contributed by atoms with Crippen molar-refractivity contribution >= 4 is 5.97 Å². The Balaban J connectivity index is 1.87. The van der Waals surface area contributed by atoms with Crippen molar-refractivity contribution < 1.29 is 19.4 Å². The lowest BCUT2D eigenvalue weighted by molar-refractivity contribution is 0.0696. The van der Waals surface area contributed by atoms with Crippen molar-refractivity contribution in [2.75, 3.05) is 0 Å². The van der Waals surface area contributed by atoms with Gasteiger partial charge in [-0.2, -0.15) is 0 Å². The number of nitrogens with one attached hydrogen (secondary N) is 1. The van der Waals surface area contributed by atoms with Crippen LogP contribution in [-0.2, 0) is 6.54 Å². The van der Waals surface area contributed by atoms with Gasteiger partial charge in [0.2, 0.25) is 0 Å². The van der Waals surface area contributed by atoms with E-state index in [9.17, 15) is 9.90 Å². The largest absolute Gasteiger partial charge is 0.478 e. The molecule has 5 heteroatoms. The van der Waals surface area contributed by atoms with Gasteiger partial charge in [-0.25, -0.2) is 4.79 Å². The van der Waals surface area contributed by atoms with Gasteiger partial charge < -0.3 is 19.9 Å². The van der Waals surface area contributed by atoms with Gasteiger partial charge in [-0.15, -0.1) is 0 Å². The minimum absolute atomic E-state index is 0.0749. The summed E-state index contributed by atoms with van der Waals surface area (Å²) in [6.45, 7) is 0.453. The molecular formula is C13H19NO4. The van der Waals surface area contributed by atoms with Crippen molar-refractivity contribution in [1.82, 2.24) is 5.32 Å². The van der Waals surface area contributed by atoms with E-state index in [-0.39, 0.29) is 17.7 Å². The van der Waals surface area contributed by atoms with Crippen LogP contribution >= 0.6 is 0 Å². The quantitative estimate of drug-likeness (QED) is 0.712. The molecule has 0 amide bonds. The second-order valence-corrected chi connectivity index (χ2v) is 4.80. The molecule has 0 aromatic carbocycles. The summed E-state index contributed by atoms with van der Waals surface area (Å²) in [5.74, 6) is -0.400. The number of carbonyl (C=O) groups is 1. The van der Waals surface area contributed by atoms with Crippen LogP contribution in [0.25, 0.3) is 0 Å². The molecule has 1 heterocycles. The van der Waals surface area contributed by atoms with E-state index in [0.717, 1.165) is 25.7 Å². The Hall–Kier alpha value is -1.33. The van der Waals surface area contributed by atoms with Crippen LogP contribution in [0.3, 0.4) is 0 Å². The lowest BCUT2D eigenvalue weighted by atomic mass is 10.1. The minimum Gasteiger partial charge on any atom is -0.478 e. The van der Waals surface area contributed by atoms with Crippen LogP contribution in [0.1, 0.15) is 48.2 Å². The highest BCUT2D eigenvalue weighted by atomic mass is 16.4. The van der Waals surface area contributed by atoms with Gasteiger partial charge >= 0.3 is 5.97 Å². The molecule has 100 valence electrons. The van der Waals surface area contributed by atoms with Gasteiger partial charge in [0.25, 0.3) is 0 Å². The van der Waals surface area contributed by atoms with Gasteiger partial charge in [-0.1, -0.05) is 19.3 Å². The smallest absolute Gasteiger partial charge is 0.338 e. The van der Waals surface area contributed by atoms with E-state index >= 15 is 0 Å². The number of aliphatic hydroxyl groups excluding tert-OH is 1. The number of hydrogen-bond acceptors (Lipinski definition) is 4. The molecule has 0 radical (unpaired) electrons. The summed E-state index contributed by atoms with van der Waals surface area (Å²) in [6.07, 6.45) is 6.06. The van der Waals surface area contributed by atoms with E-state index in [1.807, 2.05) is 0 Å². The normalized spacial score (nSPS) is 24.7. The second-order valence-electron chi connectivity index (χ2n) is 4.80. The molecule has 1 aliphatic rings. The van der Waals surface area contributed by atoms with Gasteiger partial charge in [-0.3, -0.25) is 0 Å². The van der Waals surface area contributed by atoms with Crippen LogP contribution in [0.4, 0.5) is 0 Å². The molecule has 0 aliphatic heterocycles. The summed E-state index contributed by atoms with van der Waals surface area (Å²) in [4.78, 5) is 10.7. The first-order valence-corrected chi connectivity index (χ1v) is 6.39. The first-order chi connectivity index (χ1) is 8.66. The average molecular weight is 253 g/mol. The molecule has 5 nitrogen and oxygen atoms in total. The first-order valence-electron chi connectivity index (χ1n) is 6.39. The van der Waals surface area contributed by atoms with E-state index in [1.165, 1.54) is 18.8 Å². The van der Waals surface area contributed by atoms with Gasteiger partial charge in [0.15, 0.2) is 0 Å². The Morgan fingerprint density at radius 2 is 2.17 bits per heavy atom. The SMILES string of the molecule is O=C(O)c1coc(CNC2CCCCCC2O)c1. The van der Waals surface area contributed by atoms with E-state index in [1.54, 1.807) is 0 Å². The summed E-state index contributed by atoms with van der Waals surface area (Å²) in [5, 5.41) is 22.0. The third kappa shape index (κ3) is 3.34. The summed E-state index contributed by atoms with van der Waals surface area (Å²) in [6, 6.07) is 1.59. The highest BCUT2D eigenvalue weighted by molar-refractivity contribution is 5.87. The summed E-state index contributed by atoms with van der Waals surface area (Å²) in [7, 11) is 0. The van der Waals surface area contributed by atoms with Crippen molar-refractivity contribution in [2.24, 2.45) is 0 Å². The molecule has 1 aromatic rings. The van der Waals surface area contributed by atoms with Crippen LogP contribution in [0.15, 0.2) is 16.7 Å². The van der Waals surface area contributed by atoms with Crippen LogP contribution in [0.5, 0.6) is 0 Å². The predicted molar refractivity (Wildman–Crippen MR) is 65.4 cm³/mol. The van der Waals surface area contributed by atoms with Gasteiger partial charge in [0, 0.05) is 6.04 Å². The molecule has 1 aliphatic carbocycles. The van der Waals surface area contributed by atoms with E-state index in [2.05, 4.69) is 5.32 Å². The molecule has 2 atom stereocenters. The number of furan rings is 1. The lowest BCUT2D eigenvalue weighted by Crippen LogP contribution is -2.38. The molecule has 2 unspecified atom stereocenters. The summed E-state index contributed by atoms with van der Waals surface area (Å²) < 4.78 is 5.16. The van der Waals surface area contributed by atoms with Gasteiger partial charge in [-0.05, 0) is 18.9 Å². The maximum atomic E-state index is 10.7. The number of hydrogen-bond donors (Lipinski definition) is 3. The maximum Gasteiger partial charge on any atom is 0.338 e. The molecule has 2 rings (SSSR count). The Morgan fingerprint density at radius 1 is 1.39 bits per heavy atom. The zero-order valence-corrected chi connectivity index (χ0v) is 10.3. The molecule has 0 spiro atoms. The van der Waals surface area contributed by atoms with Crippen LogP contribution < -0.4 is 5.32 Å². The molecule has 1 aromatic heterocycles. The summed E-state index contributed by atoms with van der Waals surface area (Å²) in [5.41, 5.74) is 0.160. The van der Waals surface area contributed by atoms with E-state index < -0.39 is 5.97 Å². The number of aromatic carboxylic acids is 1. The Labute approximate surface area is 106 Å². The number of carboxylic acids is 1. The molecule has 1 saturated carbocycles. The molecule has 3 N–H and O–H groups in total. The molecule has 0 saturated heterocycles. The van der Waals surface area contributed by atoms with Crippen LogP contribution in [0.2, 0.25) is 0 Å². The Morgan fingerprint density at radius 3 is 2.89 bits per heavy atom. The zero-order valence-electron chi connectivity index (χ0n) is 10.3. The standard InChI is InChI=1S/C13H19NO4/c15-12-5-3-1-2-4-11(12)14-7-10-6-9(8-18-10)13(16)17/h6,8,11-12,14-15H,1-5,7H2,(H,16,17). The molecule has 0 bridgehead atoms. The topological polar surface area (TPSA) is 82.7 Å². The number of rotatable bonds is 4. The predicted octanol–water partition coefficient (Wildman–Crippen LogP) is 1.76. The maximum absolute atomic E-state index is 10.7. The fourth-order valence-corrected chi connectivity index (χ4v) is 2.34. The van der Waals surface area contributed by atoms with E-state index in [4.69, 9.17) is 9.52 Å².